The molecule has 7 heteroatoms. The van der Waals surface area contributed by atoms with E-state index in [1.807, 2.05) is 86.6 Å². The summed E-state index contributed by atoms with van der Waals surface area (Å²) in [5.74, 6) is -0.616. The van der Waals surface area contributed by atoms with Crippen LogP contribution in [0.2, 0.25) is 0 Å². The van der Waals surface area contributed by atoms with Crippen LogP contribution >= 0.6 is 15.9 Å². The second-order valence-electron chi connectivity index (χ2n) is 8.46. The number of rotatable bonds is 5. The summed E-state index contributed by atoms with van der Waals surface area (Å²) in [7, 11) is 0. The maximum absolute atomic E-state index is 13.3. The number of aromatic amines is 4. The van der Waals surface area contributed by atoms with Gasteiger partial charge < -0.3 is 0 Å². The molecule has 2 aromatic heterocycles. The van der Waals surface area contributed by atoms with E-state index < -0.39 is 5.92 Å². The zero-order valence-corrected chi connectivity index (χ0v) is 20.3. The molecule has 3 aromatic carbocycles. The van der Waals surface area contributed by atoms with Crippen molar-refractivity contribution in [2.24, 2.45) is 0 Å². The smallest absolute Gasteiger partial charge is 0.268 e. The monoisotopic (exact) mass is 514 g/mol. The number of H-pyrrole nitrogens is 4. The highest BCUT2D eigenvalue weighted by Gasteiger charge is 2.31. The lowest BCUT2D eigenvalue weighted by Crippen LogP contribution is -2.20. The summed E-state index contributed by atoms with van der Waals surface area (Å²) in [4.78, 5) is 26.5. The Morgan fingerprint density at radius 3 is 1.56 bits per heavy atom. The highest BCUT2D eigenvalue weighted by molar-refractivity contribution is 9.10. The van der Waals surface area contributed by atoms with Crippen LogP contribution in [0.5, 0.6) is 0 Å². The third kappa shape index (κ3) is 3.99. The minimum atomic E-state index is -0.616. The topological polar surface area (TPSA) is 97.3 Å². The predicted molar refractivity (Wildman–Crippen MR) is 138 cm³/mol. The predicted octanol–water partition coefficient (Wildman–Crippen LogP) is 5.61. The van der Waals surface area contributed by atoms with Gasteiger partial charge in [-0.3, -0.25) is 30.0 Å². The van der Waals surface area contributed by atoms with Crippen LogP contribution in [-0.4, -0.2) is 20.4 Å². The van der Waals surface area contributed by atoms with Crippen LogP contribution in [0, 0.1) is 13.8 Å². The fraction of sp³-hybridized carbons (Fsp3) is 0.111. The summed E-state index contributed by atoms with van der Waals surface area (Å²) in [6.07, 6.45) is 0. The number of hydrogen-bond donors (Lipinski definition) is 4. The van der Waals surface area contributed by atoms with Gasteiger partial charge in [0, 0.05) is 10.4 Å². The molecular formula is C27H23BrN4O2. The second-order valence-corrected chi connectivity index (χ2v) is 9.37. The Kier molecular flexibility index (Phi) is 5.71. The molecule has 0 aliphatic rings. The van der Waals surface area contributed by atoms with Gasteiger partial charge in [-0.25, -0.2) is 0 Å². The summed E-state index contributed by atoms with van der Waals surface area (Å²) in [5.41, 5.74) is 6.55. The van der Waals surface area contributed by atoms with Gasteiger partial charge in [-0.15, -0.1) is 0 Å². The van der Waals surface area contributed by atoms with Crippen LogP contribution in [0.3, 0.4) is 0 Å². The van der Waals surface area contributed by atoms with Crippen LogP contribution in [0.25, 0.3) is 22.5 Å². The Morgan fingerprint density at radius 1 is 0.647 bits per heavy atom. The first-order valence-electron chi connectivity index (χ1n) is 10.9. The number of hydrogen-bond acceptors (Lipinski definition) is 2. The van der Waals surface area contributed by atoms with E-state index in [0.717, 1.165) is 32.3 Å². The van der Waals surface area contributed by atoms with Crippen molar-refractivity contribution < 1.29 is 0 Å². The standard InChI is InChI=1S/C27H23BrN4O2/c1-15-6-10-17(11-7-15)24-22(26(33)31-29-24)21(19-4-3-5-20(28)14-19)23-25(30-32-27(23)34)18-12-8-16(2)9-13-18/h3-14,21H,1-2H3,(H2,29,31,33)(H2,30,32,34). The van der Waals surface area contributed by atoms with Crippen LogP contribution in [0.1, 0.15) is 33.7 Å². The number of benzene rings is 3. The molecule has 5 rings (SSSR count). The van der Waals surface area contributed by atoms with Gasteiger partial charge in [0.05, 0.1) is 22.5 Å². The summed E-state index contributed by atoms with van der Waals surface area (Å²) in [5, 5.41) is 11.6. The van der Waals surface area contributed by atoms with E-state index in [-0.39, 0.29) is 11.1 Å². The molecule has 0 aliphatic carbocycles. The summed E-state index contributed by atoms with van der Waals surface area (Å²) >= 11 is 3.55. The Hall–Kier alpha value is -3.84. The van der Waals surface area contributed by atoms with Gasteiger partial charge in [0.2, 0.25) is 0 Å². The fourth-order valence-corrected chi connectivity index (χ4v) is 4.76. The largest absolute Gasteiger partial charge is 0.297 e. The van der Waals surface area contributed by atoms with Gasteiger partial charge in [0.15, 0.2) is 0 Å². The van der Waals surface area contributed by atoms with Gasteiger partial charge >= 0.3 is 0 Å². The minimum absolute atomic E-state index is 0.268. The average Bonchev–Trinajstić information content (AvgIpc) is 3.39. The second kappa shape index (κ2) is 8.83. The summed E-state index contributed by atoms with van der Waals surface area (Å²) < 4.78 is 0.864. The minimum Gasteiger partial charge on any atom is -0.297 e. The third-order valence-electron chi connectivity index (χ3n) is 6.07. The van der Waals surface area contributed by atoms with Crippen LogP contribution in [-0.2, 0) is 0 Å². The zero-order chi connectivity index (χ0) is 23.8. The average molecular weight is 515 g/mol. The summed E-state index contributed by atoms with van der Waals surface area (Å²) in [6, 6.07) is 23.6. The number of halogens is 1. The molecule has 4 N–H and O–H groups in total. The highest BCUT2D eigenvalue weighted by Crippen LogP contribution is 2.38. The van der Waals surface area contributed by atoms with E-state index in [2.05, 4.69) is 36.3 Å². The number of aryl methyl sites for hydroxylation is 2. The van der Waals surface area contributed by atoms with E-state index in [0.29, 0.717) is 22.5 Å². The SMILES string of the molecule is Cc1ccc(-c2[nH][nH]c(=O)c2C(c2cccc(Br)c2)c2c(-c3ccc(C)cc3)[nH][nH]c2=O)cc1. The van der Waals surface area contributed by atoms with E-state index in [9.17, 15) is 9.59 Å². The lowest BCUT2D eigenvalue weighted by atomic mass is 9.83. The van der Waals surface area contributed by atoms with Crippen molar-refractivity contribution in [3.8, 4) is 22.5 Å². The third-order valence-corrected chi connectivity index (χ3v) is 6.56. The van der Waals surface area contributed by atoms with Crippen molar-refractivity contribution in [3.05, 3.63) is 126 Å². The molecule has 0 saturated heterocycles. The molecule has 170 valence electrons. The molecule has 0 radical (unpaired) electrons. The molecule has 5 aromatic rings. The number of aromatic nitrogens is 4. The van der Waals surface area contributed by atoms with Gasteiger partial charge in [-0.05, 0) is 42.7 Å². The Morgan fingerprint density at radius 2 is 1.12 bits per heavy atom. The van der Waals surface area contributed by atoms with E-state index in [1.54, 1.807) is 0 Å². The fourth-order valence-electron chi connectivity index (χ4n) is 4.35. The van der Waals surface area contributed by atoms with Gasteiger partial charge in [-0.2, -0.15) is 0 Å². The van der Waals surface area contributed by atoms with Crippen molar-refractivity contribution in [3.63, 3.8) is 0 Å². The Labute approximate surface area is 204 Å². The first kappa shape index (κ1) is 22.0. The molecule has 0 fully saturated rings. The Bertz CT molecular complexity index is 1470. The zero-order valence-electron chi connectivity index (χ0n) is 18.7. The molecular weight excluding hydrogens is 492 g/mol. The molecule has 34 heavy (non-hydrogen) atoms. The Balaban J connectivity index is 1.80. The lowest BCUT2D eigenvalue weighted by Gasteiger charge is -2.18. The summed E-state index contributed by atoms with van der Waals surface area (Å²) in [6.45, 7) is 4.03. The molecule has 0 spiro atoms. The van der Waals surface area contributed by atoms with Gasteiger partial charge in [-0.1, -0.05) is 87.7 Å². The van der Waals surface area contributed by atoms with Crippen LogP contribution < -0.4 is 11.1 Å². The lowest BCUT2D eigenvalue weighted by molar-refractivity contribution is 0.953. The van der Waals surface area contributed by atoms with Crippen molar-refractivity contribution in [1.29, 1.82) is 0 Å². The van der Waals surface area contributed by atoms with Crippen molar-refractivity contribution >= 4 is 15.9 Å². The van der Waals surface area contributed by atoms with Crippen molar-refractivity contribution in [2.75, 3.05) is 0 Å². The van der Waals surface area contributed by atoms with Crippen LogP contribution in [0.4, 0.5) is 0 Å². The van der Waals surface area contributed by atoms with E-state index in [1.165, 1.54) is 0 Å². The normalized spacial score (nSPS) is 11.3. The molecule has 0 amide bonds. The maximum atomic E-state index is 13.3. The quantitative estimate of drug-likeness (QED) is 0.245. The highest BCUT2D eigenvalue weighted by atomic mass is 79.9. The molecule has 0 atom stereocenters. The molecule has 0 unspecified atom stereocenters. The van der Waals surface area contributed by atoms with Crippen LogP contribution in [0.15, 0.2) is 86.9 Å². The van der Waals surface area contributed by atoms with E-state index >= 15 is 0 Å². The molecule has 6 nitrogen and oxygen atoms in total. The first-order chi connectivity index (χ1) is 16.4. The van der Waals surface area contributed by atoms with Crippen molar-refractivity contribution in [1.82, 2.24) is 20.4 Å². The van der Waals surface area contributed by atoms with Gasteiger partial charge in [0.1, 0.15) is 0 Å². The van der Waals surface area contributed by atoms with Crippen molar-refractivity contribution in [2.45, 2.75) is 19.8 Å². The van der Waals surface area contributed by atoms with E-state index in [4.69, 9.17) is 0 Å². The molecule has 0 saturated carbocycles. The maximum Gasteiger partial charge on any atom is 0.268 e. The molecule has 0 bridgehead atoms. The first-order valence-corrected chi connectivity index (χ1v) is 11.7. The molecule has 0 aliphatic heterocycles. The van der Waals surface area contributed by atoms with Gasteiger partial charge in [0.25, 0.3) is 11.1 Å². The molecule has 2 heterocycles. The number of nitrogens with one attached hydrogen (secondary N) is 4.